The molecule has 1 aliphatic carbocycles. The number of hydrogen-bond acceptors (Lipinski definition) is 6. The summed E-state index contributed by atoms with van der Waals surface area (Å²) in [5.74, 6) is 0.220. The molecule has 4 heterocycles. The van der Waals surface area contributed by atoms with Crippen molar-refractivity contribution in [2.75, 3.05) is 38.2 Å². The lowest BCUT2D eigenvalue weighted by Gasteiger charge is -2.39. The molecule has 0 spiro atoms. The second kappa shape index (κ2) is 8.55. The summed E-state index contributed by atoms with van der Waals surface area (Å²) in [6.07, 6.45) is 7.82. The molecule has 2 unspecified atom stereocenters. The Morgan fingerprint density at radius 2 is 2.29 bits per heavy atom. The van der Waals surface area contributed by atoms with E-state index in [-0.39, 0.29) is 29.1 Å². The number of nitrogens with zero attached hydrogens (tertiary/aromatic N) is 4. The first kappa shape index (κ1) is 20.4. The minimum Gasteiger partial charge on any atom is -0.377 e. The second-order valence-corrected chi connectivity index (χ2v) is 8.71. The number of hydrogen-bond donors (Lipinski definition) is 2. The van der Waals surface area contributed by atoms with Gasteiger partial charge in [0.2, 0.25) is 5.91 Å². The van der Waals surface area contributed by atoms with Crippen LogP contribution in [0.4, 0.5) is 10.2 Å². The Kier molecular flexibility index (Phi) is 5.62. The van der Waals surface area contributed by atoms with Gasteiger partial charge in [-0.15, -0.1) is 11.6 Å². The number of aromatic amines is 1. The summed E-state index contributed by atoms with van der Waals surface area (Å²) in [6.45, 7) is 2.37. The maximum Gasteiger partial charge on any atom is 0.226 e. The molecule has 2 aromatic heterocycles. The van der Waals surface area contributed by atoms with Crippen LogP contribution in [0.3, 0.4) is 0 Å². The molecule has 2 fully saturated rings. The highest BCUT2D eigenvalue weighted by Gasteiger charge is 2.34. The smallest absolute Gasteiger partial charge is 0.226 e. The quantitative estimate of drug-likeness (QED) is 0.670. The molecule has 10 heteroatoms. The monoisotopic (exact) mass is 446 g/mol. The van der Waals surface area contributed by atoms with E-state index in [4.69, 9.17) is 16.3 Å². The van der Waals surface area contributed by atoms with E-state index in [0.717, 1.165) is 41.7 Å². The SMILES string of the molecule is O=C(C1CCC1)N1CCOCC1CNc1nc(-c2c[nH]c3c2=CC(Cl)CN=3)ncc1F. The predicted molar refractivity (Wildman–Crippen MR) is 114 cm³/mol. The van der Waals surface area contributed by atoms with Crippen molar-refractivity contribution in [3.8, 4) is 11.4 Å². The second-order valence-electron chi connectivity index (χ2n) is 8.15. The van der Waals surface area contributed by atoms with Crippen molar-refractivity contribution in [1.29, 1.82) is 0 Å². The molecule has 0 aromatic carbocycles. The Morgan fingerprint density at radius 3 is 3.10 bits per heavy atom. The van der Waals surface area contributed by atoms with Gasteiger partial charge in [-0.25, -0.2) is 14.4 Å². The molecule has 1 saturated carbocycles. The van der Waals surface area contributed by atoms with E-state index in [1.807, 2.05) is 11.0 Å². The maximum absolute atomic E-state index is 14.5. The Labute approximate surface area is 183 Å². The summed E-state index contributed by atoms with van der Waals surface area (Å²) in [6, 6.07) is -0.163. The molecule has 5 rings (SSSR count). The first-order chi connectivity index (χ1) is 15.1. The van der Waals surface area contributed by atoms with Crippen molar-refractivity contribution in [1.82, 2.24) is 19.9 Å². The van der Waals surface area contributed by atoms with Crippen molar-refractivity contribution in [2.24, 2.45) is 10.9 Å². The average molecular weight is 447 g/mol. The standard InChI is InChI=1S/C21H24ClFN6O2/c22-13-6-15-16(9-26-18(15)24-7-13)19-27-10-17(23)20(28-19)25-8-14-11-31-5-4-29(14)21(30)12-2-1-3-12/h6,9-10,12-14H,1-5,7-8,11H2,(H,24,26)(H,25,27,28). The molecule has 1 amide bonds. The van der Waals surface area contributed by atoms with Crippen molar-refractivity contribution < 1.29 is 13.9 Å². The first-order valence-electron chi connectivity index (χ1n) is 10.6. The Hall–Kier alpha value is -2.52. The fraction of sp³-hybridized carbons (Fsp3) is 0.524. The highest BCUT2D eigenvalue weighted by molar-refractivity contribution is 6.24. The number of H-pyrrole nitrogens is 1. The van der Waals surface area contributed by atoms with Gasteiger partial charge in [0.25, 0.3) is 0 Å². The van der Waals surface area contributed by atoms with Crippen molar-refractivity contribution in [2.45, 2.75) is 30.7 Å². The zero-order valence-corrected chi connectivity index (χ0v) is 17.7. The third-order valence-corrected chi connectivity index (χ3v) is 6.39. The molecular weight excluding hydrogens is 423 g/mol. The van der Waals surface area contributed by atoms with E-state index in [0.29, 0.717) is 38.7 Å². The number of halogens is 2. The maximum atomic E-state index is 14.5. The van der Waals surface area contributed by atoms with E-state index in [9.17, 15) is 9.18 Å². The summed E-state index contributed by atoms with van der Waals surface area (Å²) < 4.78 is 20.0. The number of alkyl halides is 1. The summed E-state index contributed by atoms with van der Waals surface area (Å²) in [5.41, 5.74) is 1.44. The van der Waals surface area contributed by atoms with Gasteiger partial charge in [-0.2, -0.15) is 0 Å². The van der Waals surface area contributed by atoms with Crippen molar-refractivity contribution in [3.05, 3.63) is 28.9 Å². The van der Waals surface area contributed by atoms with E-state index in [2.05, 4.69) is 25.3 Å². The summed E-state index contributed by atoms with van der Waals surface area (Å²) >= 11 is 6.21. The van der Waals surface area contributed by atoms with Crippen LogP contribution < -0.4 is 16.0 Å². The number of carbonyl (C=O) groups excluding carboxylic acids is 1. The normalized spacial score (nSPS) is 23.4. The molecule has 8 nitrogen and oxygen atoms in total. The predicted octanol–water partition coefficient (Wildman–Crippen LogP) is 1.07. The number of amides is 1. The molecular formula is C21H24ClFN6O2. The molecule has 2 aromatic rings. The lowest BCUT2D eigenvalue weighted by Crippen LogP contribution is -2.54. The summed E-state index contributed by atoms with van der Waals surface area (Å²) in [7, 11) is 0. The zero-order valence-electron chi connectivity index (χ0n) is 17.0. The van der Waals surface area contributed by atoms with Crippen LogP contribution in [-0.2, 0) is 9.53 Å². The van der Waals surface area contributed by atoms with Gasteiger partial charge in [-0.1, -0.05) is 12.5 Å². The third kappa shape index (κ3) is 4.04. The largest absolute Gasteiger partial charge is 0.377 e. The minimum absolute atomic E-state index is 0.0942. The zero-order chi connectivity index (χ0) is 21.4. The minimum atomic E-state index is -0.550. The Balaban J connectivity index is 1.35. The number of morpholine rings is 1. The van der Waals surface area contributed by atoms with E-state index in [1.165, 1.54) is 0 Å². The third-order valence-electron chi connectivity index (χ3n) is 6.13. The lowest BCUT2D eigenvalue weighted by molar-refractivity contribution is -0.146. The van der Waals surface area contributed by atoms with Crippen molar-refractivity contribution in [3.63, 3.8) is 0 Å². The van der Waals surface area contributed by atoms with Gasteiger partial charge in [-0.05, 0) is 12.8 Å². The number of anilines is 1. The topological polar surface area (TPSA) is 95.5 Å². The van der Waals surface area contributed by atoms with Crippen LogP contribution in [0.1, 0.15) is 19.3 Å². The van der Waals surface area contributed by atoms with Gasteiger partial charge in [0.05, 0.1) is 37.4 Å². The van der Waals surface area contributed by atoms with Gasteiger partial charge in [0.15, 0.2) is 17.5 Å². The molecule has 2 aliphatic heterocycles. The Bertz CT molecular complexity index is 1100. The van der Waals surface area contributed by atoms with Gasteiger partial charge < -0.3 is 19.9 Å². The van der Waals surface area contributed by atoms with E-state index in [1.54, 1.807) is 6.20 Å². The molecule has 2 atom stereocenters. The van der Waals surface area contributed by atoms with Crippen LogP contribution in [0, 0.1) is 11.7 Å². The highest BCUT2D eigenvalue weighted by atomic mass is 35.5. The number of fused-ring (bicyclic) bond motifs is 1. The van der Waals surface area contributed by atoms with Gasteiger partial charge in [0.1, 0.15) is 5.49 Å². The van der Waals surface area contributed by atoms with Crippen LogP contribution in [0.2, 0.25) is 0 Å². The van der Waals surface area contributed by atoms with Crippen LogP contribution in [-0.4, -0.2) is 70.0 Å². The molecule has 0 radical (unpaired) electrons. The molecule has 31 heavy (non-hydrogen) atoms. The molecule has 1 saturated heterocycles. The number of ether oxygens (including phenoxy) is 1. The average Bonchev–Trinajstić information content (AvgIpc) is 3.15. The van der Waals surface area contributed by atoms with Crippen LogP contribution in [0.25, 0.3) is 17.5 Å². The number of rotatable bonds is 5. The van der Waals surface area contributed by atoms with Gasteiger partial charge in [-0.3, -0.25) is 9.79 Å². The van der Waals surface area contributed by atoms with Gasteiger partial charge in [0, 0.05) is 36.0 Å². The van der Waals surface area contributed by atoms with Crippen LogP contribution in [0.15, 0.2) is 17.4 Å². The molecule has 164 valence electrons. The van der Waals surface area contributed by atoms with Crippen LogP contribution >= 0.6 is 11.6 Å². The molecule has 2 N–H and O–H groups in total. The number of nitrogens with one attached hydrogen (secondary N) is 2. The Morgan fingerprint density at radius 1 is 1.42 bits per heavy atom. The first-order valence-corrected chi connectivity index (χ1v) is 11.1. The van der Waals surface area contributed by atoms with E-state index >= 15 is 0 Å². The molecule has 0 bridgehead atoms. The molecule has 3 aliphatic rings. The summed E-state index contributed by atoms with van der Waals surface area (Å²) in [4.78, 5) is 30.7. The van der Waals surface area contributed by atoms with Gasteiger partial charge >= 0.3 is 0 Å². The fourth-order valence-corrected chi connectivity index (χ4v) is 4.35. The van der Waals surface area contributed by atoms with Crippen LogP contribution in [0.5, 0.6) is 0 Å². The number of aromatic nitrogens is 3. The van der Waals surface area contributed by atoms with Crippen molar-refractivity contribution >= 4 is 29.4 Å². The highest BCUT2D eigenvalue weighted by Crippen LogP contribution is 2.29. The number of carbonyl (C=O) groups is 1. The lowest BCUT2D eigenvalue weighted by atomic mass is 9.84. The summed E-state index contributed by atoms with van der Waals surface area (Å²) in [5, 5.41) is 3.68. The van der Waals surface area contributed by atoms with E-state index < -0.39 is 5.82 Å². The fourth-order valence-electron chi connectivity index (χ4n) is 4.16.